The normalized spacial score (nSPS) is 11.0. The summed E-state index contributed by atoms with van der Waals surface area (Å²) in [4.78, 5) is 39.2. The third-order valence-corrected chi connectivity index (χ3v) is 7.45. The van der Waals surface area contributed by atoms with Crippen LogP contribution in [0.5, 0.6) is 0 Å². The van der Waals surface area contributed by atoms with Gasteiger partial charge in [0.2, 0.25) is 0 Å². The van der Waals surface area contributed by atoms with Gasteiger partial charge in [-0.15, -0.1) is 0 Å². The topological polar surface area (TPSA) is 129 Å². The fraction of sp³-hybridized carbons (Fsp3) is 0.129. The lowest BCUT2D eigenvalue weighted by Crippen LogP contribution is -2.12. The smallest absolute Gasteiger partial charge is 0.409 e. The summed E-state index contributed by atoms with van der Waals surface area (Å²) in [7, 11) is 0. The summed E-state index contributed by atoms with van der Waals surface area (Å²) in [5.74, 6) is -0.0593. The number of fused-ring (bicyclic) bond motifs is 1. The Morgan fingerprint density at radius 2 is 1.67 bits per heavy atom. The molecular weight excluding hydrogens is 555 g/mol. The Kier molecular flexibility index (Phi) is 8.30. The third kappa shape index (κ3) is 6.64. The molecule has 0 saturated heterocycles. The van der Waals surface area contributed by atoms with Gasteiger partial charge in [0.25, 0.3) is 5.91 Å². The minimum absolute atomic E-state index is 0.234. The fourth-order valence-corrected chi connectivity index (χ4v) is 4.98. The number of carbonyl (C=O) groups excluding carboxylic acids is 1. The van der Waals surface area contributed by atoms with E-state index in [9.17, 15) is 14.0 Å². The minimum Gasteiger partial charge on any atom is -0.465 e. The number of anilines is 4. The summed E-state index contributed by atoms with van der Waals surface area (Å²) in [6, 6.07) is 20.5. The van der Waals surface area contributed by atoms with E-state index < -0.39 is 17.8 Å². The van der Waals surface area contributed by atoms with Crippen LogP contribution >= 0.6 is 11.8 Å². The summed E-state index contributed by atoms with van der Waals surface area (Å²) in [5.41, 5.74) is 3.69. The minimum atomic E-state index is -1.14. The molecule has 0 fully saturated rings. The van der Waals surface area contributed by atoms with Gasteiger partial charge in [0.1, 0.15) is 18.0 Å². The van der Waals surface area contributed by atoms with Gasteiger partial charge < -0.3 is 15.7 Å². The van der Waals surface area contributed by atoms with E-state index in [2.05, 4.69) is 44.7 Å². The van der Waals surface area contributed by atoms with Crippen LogP contribution in [-0.2, 0) is 0 Å². The monoisotopic (exact) mass is 582 g/mol. The number of hydrogen-bond acceptors (Lipinski definition) is 7. The average molecular weight is 583 g/mol. The first-order chi connectivity index (χ1) is 20.2. The van der Waals surface area contributed by atoms with Gasteiger partial charge in [-0.25, -0.2) is 24.1 Å². The van der Waals surface area contributed by atoms with Crippen molar-refractivity contribution >= 4 is 57.7 Å². The number of aromatic nitrogens is 3. The molecule has 0 spiro atoms. The van der Waals surface area contributed by atoms with Gasteiger partial charge in [-0.1, -0.05) is 31.7 Å². The first kappa shape index (κ1) is 28.5. The highest BCUT2D eigenvalue weighted by molar-refractivity contribution is 7.99. The lowest BCUT2D eigenvalue weighted by molar-refractivity contribution is 0.102. The zero-order valence-electron chi connectivity index (χ0n) is 23.0. The van der Waals surface area contributed by atoms with E-state index in [1.165, 1.54) is 24.2 Å². The molecule has 0 saturated carbocycles. The van der Waals surface area contributed by atoms with Gasteiger partial charge in [0, 0.05) is 32.4 Å². The highest BCUT2D eigenvalue weighted by Crippen LogP contribution is 2.37. The van der Waals surface area contributed by atoms with Crippen LogP contribution in [0.1, 0.15) is 41.4 Å². The van der Waals surface area contributed by atoms with E-state index in [1.54, 1.807) is 61.5 Å². The number of pyridine rings is 1. The molecule has 5 rings (SSSR count). The predicted molar refractivity (Wildman–Crippen MR) is 162 cm³/mol. The van der Waals surface area contributed by atoms with Crippen LogP contribution in [0.2, 0.25) is 0 Å². The lowest BCUT2D eigenvalue weighted by atomic mass is 10.1. The molecule has 2 amide bonds. The molecule has 9 nitrogen and oxygen atoms in total. The van der Waals surface area contributed by atoms with Gasteiger partial charge in [-0.2, -0.15) is 0 Å². The summed E-state index contributed by atoms with van der Waals surface area (Å²) in [5, 5.41) is 18.1. The van der Waals surface area contributed by atoms with Crippen LogP contribution in [0.3, 0.4) is 0 Å². The third-order valence-electron chi connectivity index (χ3n) is 6.37. The molecule has 2 aromatic heterocycles. The molecule has 0 aliphatic rings. The van der Waals surface area contributed by atoms with Crippen molar-refractivity contribution in [3.63, 3.8) is 0 Å². The summed E-state index contributed by atoms with van der Waals surface area (Å²) in [6.45, 7) is 5.77. The number of carboxylic acid groups (broad SMARTS) is 1. The number of carbonyl (C=O) groups is 2. The van der Waals surface area contributed by atoms with E-state index in [4.69, 9.17) is 5.11 Å². The Hall–Kier alpha value is -5.03. The van der Waals surface area contributed by atoms with Crippen molar-refractivity contribution < 1.29 is 19.1 Å². The SMILES string of the molecule is Cc1ccc(NC(=O)c2ccc(Sc3ccc(NC(=O)O)cc3)c(Nc3ncnc4nc(C(C)C)ccc34)c2)cc1F. The van der Waals surface area contributed by atoms with Crippen LogP contribution in [0.15, 0.2) is 88.9 Å². The fourth-order valence-electron chi connectivity index (χ4n) is 4.09. The number of aryl methyl sites for hydroxylation is 1. The molecule has 0 bridgehead atoms. The van der Waals surface area contributed by atoms with Crippen LogP contribution in [-0.4, -0.2) is 32.1 Å². The van der Waals surface area contributed by atoms with Gasteiger partial charge >= 0.3 is 6.09 Å². The van der Waals surface area contributed by atoms with Crippen molar-refractivity contribution in [3.05, 3.63) is 102 Å². The van der Waals surface area contributed by atoms with Crippen LogP contribution in [0, 0.1) is 12.7 Å². The Morgan fingerprint density at radius 1 is 0.905 bits per heavy atom. The zero-order chi connectivity index (χ0) is 29.8. The number of rotatable bonds is 8. The van der Waals surface area contributed by atoms with Gasteiger partial charge in [0.15, 0.2) is 5.65 Å². The molecule has 0 atom stereocenters. The number of hydrogen-bond donors (Lipinski definition) is 4. The number of halogens is 1. The number of amides is 2. The summed E-state index contributed by atoms with van der Waals surface area (Å²) < 4.78 is 14.1. The van der Waals surface area contributed by atoms with E-state index in [0.29, 0.717) is 45.0 Å². The van der Waals surface area contributed by atoms with Gasteiger partial charge in [0.05, 0.1) is 11.1 Å². The molecule has 11 heteroatoms. The maximum absolute atomic E-state index is 14.1. The molecule has 5 aromatic rings. The second-order valence-electron chi connectivity index (χ2n) is 9.79. The Balaban J connectivity index is 1.49. The predicted octanol–water partition coefficient (Wildman–Crippen LogP) is 7.83. The maximum Gasteiger partial charge on any atom is 0.409 e. The molecular formula is C31H27FN6O3S. The van der Waals surface area contributed by atoms with E-state index in [-0.39, 0.29) is 5.92 Å². The number of nitrogens with zero attached hydrogens (tertiary/aromatic N) is 3. The van der Waals surface area contributed by atoms with Crippen molar-refractivity contribution in [2.24, 2.45) is 0 Å². The van der Waals surface area contributed by atoms with Gasteiger partial charge in [-0.3, -0.25) is 10.1 Å². The molecule has 0 unspecified atom stereocenters. The first-order valence-corrected chi connectivity index (χ1v) is 13.9. The number of benzene rings is 3. The summed E-state index contributed by atoms with van der Waals surface area (Å²) >= 11 is 1.42. The average Bonchev–Trinajstić information content (AvgIpc) is 2.96. The lowest BCUT2D eigenvalue weighted by Gasteiger charge is -2.15. The van der Waals surface area contributed by atoms with Crippen molar-refractivity contribution in [1.82, 2.24) is 15.0 Å². The molecule has 212 valence electrons. The Labute approximate surface area is 245 Å². The molecule has 4 N–H and O–H groups in total. The quantitative estimate of drug-likeness (QED) is 0.146. The molecule has 0 radical (unpaired) electrons. The van der Waals surface area contributed by atoms with Crippen LogP contribution in [0.4, 0.5) is 32.1 Å². The first-order valence-electron chi connectivity index (χ1n) is 13.0. The number of nitrogens with one attached hydrogen (secondary N) is 3. The highest BCUT2D eigenvalue weighted by atomic mass is 32.2. The standard InChI is InChI=1S/C31H27FN6O3S/c1-17(2)25-12-11-23-28(37-25)33-16-34-29(23)38-26-14-19(30(39)35-21-6-4-18(3)24(32)15-21)5-13-27(26)42-22-9-7-20(8-10-22)36-31(40)41/h4-17,36H,1-3H3,(H,35,39)(H,40,41)(H,33,34,37,38). The molecule has 3 aromatic carbocycles. The van der Waals surface area contributed by atoms with Gasteiger partial charge in [-0.05, 0) is 85.1 Å². The highest BCUT2D eigenvalue weighted by Gasteiger charge is 2.15. The van der Waals surface area contributed by atoms with E-state index in [0.717, 1.165) is 15.5 Å². The molecule has 42 heavy (non-hydrogen) atoms. The Bertz CT molecular complexity index is 1800. The second kappa shape index (κ2) is 12.2. The Morgan fingerprint density at radius 3 is 2.38 bits per heavy atom. The molecule has 0 aliphatic carbocycles. The zero-order valence-corrected chi connectivity index (χ0v) is 23.8. The van der Waals surface area contributed by atoms with Crippen molar-refractivity contribution in [3.8, 4) is 0 Å². The molecule has 2 heterocycles. The van der Waals surface area contributed by atoms with Crippen molar-refractivity contribution in [1.29, 1.82) is 0 Å². The van der Waals surface area contributed by atoms with Crippen LogP contribution in [0.25, 0.3) is 11.0 Å². The van der Waals surface area contributed by atoms with Crippen LogP contribution < -0.4 is 16.0 Å². The van der Waals surface area contributed by atoms with E-state index in [1.807, 2.05) is 12.1 Å². The second-order valence-corrected chi connectivity index (χ2v) is 10.9. The molecule has 0 aliphatic heterocycles. The maximum atomic E-state index is 14.1. The van der Waals surface area contributed by atoms with Crippen molar-refractivity contribution in [2.75, 3.05) is 16.0 Å². The largest absolute Gasteiger partial charge is 0.465 e. The summed E-state index contributed by atoms with van der Waals surface area (Å²) in [6.07, 6.45) is 0.293. The van der Waals surface area contributed by atoms with Crippen molar-refractivity contribution in [2.45, 2.75) is 36.5 Å². The van der Waals surface area contributed by atoms with E-state index >= 15 is 0 Å².